The average molecular weight is 629 g/mol. The summed E-state index contributed by atoms with van der Waals surface area (Å²) in [5, 5.41) is 31.5. The van der Waals surface area contributed by atoms with Gasteiger partial charge in [-0.25, -0.2) is 19.3 Å². The highest BCUT2D eigenvalue weighted by Crippen LogP contribution is 2.63. The number of aromatic nitrogens is 8. The molecule has 0 aromatic carbocycles. The monoisotopic (exact) mass is 629 g/mol. The van der Waals surface area contributed by atoms with Gasteiger partial charge in [0.1, 0.15) is 30.5 Å². The van der Waals surface area contributed by atoms with Gasteiger partial charge in [-0.1, -0.05) is 0 Å². The van der Waals surface area contributed by atoms with Crippen LogP contribution in [0.3, 0.4) is 0 Å². The number of H-pyrrole nitrogens is 2. The lowest BCUT2D eigenvalue weighted by molar-refractivity contribution is -0.0650. The van der Waals surface area contributed by atoms with Gasteiger partial charge in [-0.3, -0.25) is 32.8 Å². The molecule has 3 fully saturated rings. The van der Waals surface area contributed by atoms with Crippen molar-refractivity contribution in [2.45, 2.75) is 54.7 Å². The fraction of sp³-hybridized carbons (Fsp3) is 0.500. The van der Waals surface area contributed by atoms with Crippen molar-refractivity contribution in [3.63, 3.8) is 0 Å². The van der Waals surface area contributed by atoms with E-state index in [4.69, 9.17) is 36.1 Å². The molecule has 0 radical (unpaired) electrons. The van der Waals surface area contributed by atoms with Crippen molar-refractivity contribution in [3.05, 3.63) is 39.7 Å². The van der Waals surface area contributed by atoms with E-state index in [1.54, 1.807) is 0 Å². The zero-order valence-corrected chi connectivity index (χ0v) is 22.5. The van der Waals surface area contributed by atoms with Crippen LogP contribution in [-0.2, 0) is 30.3 Å². The number of hydrogen-bond acceptors (Lipinski definition) is 15. The van der Waals surface area contributed by atoms with E-state index in [2.05, 4.69) is 29.9 Å². The van der Waals surface area contributed by atoms with Crippen molar-refractivity contribution in [2.75, 3.05) is 12.3 Å². The zero-order valence-electron chi connectivity index (χ0n) is 20.8. The molecule has 19 nitrogen and oxygen atoms in total. The molecule has 0 spiro atoms. The van der Waals surface area contributed by atoms with E-state index in [9.17, 15) is 29.8 Å². The molecule has 8 N–H and O–H groups in total. The van der Waals surface area contributed by atoms with Gasteiger partial charge in [0.25, 0.3) is 11.1 Å². The fourth-order valence-corrected chi connectivity index (χ4v) is 7.06. The summed E-state index contributed by atoms with van der Waals surface area (Å²) in [7, 11) is 0. The topological polar surface area (TPSA) is 271 Å². The van der Waals surface area contributed by atoms with E-state index >= 15 is 4.39 Å². The van der Waals surface area contributed by atoms with E-state index in [-0.39, 0.29) is 28.3 Å². The number of aromatic amines is 2. The second kappa shape index (κ2) is 9.38. The Morgan fingerprint density at radius 1 is 1.12 bits per heavy atom. The molecule has 10 atom stereocenters. The molecule has 1 saturated carbocycles. The molecule has 42 heavy (non-hydrogen) atoms. The Morgan fingerprint density at radius 2 is 1.81 bits per heavy atom. The van der Waals surface area contributed by atoms with Crippen LogP contribution in [0.25, 0.3) is 22.3 Å². The largest absolute Gasteiger partial charge is 0.394 e. The lowest BCUT2D eigenvalue weighted by atomic mass is 10.1. The maximum Gasteiger partial charge on any atom is 0.325 e. The van der Waals surface area contributed by atoms with E-state index in [1.165, 1.54) is 4.57 Å². The summed E-state index contributed by atoms with van der Waals surface area (Å²) in [5.41, 5.74) is 1.98. The highest BCUT2D eigenvalue weighted by atomic mass is 32.5. The van der Waals surface area contributed by atoms with E-state index in [0.717, 1.165) is 23.5 Å². The number of halogens is 1. The standard InChI is InChI=1S/C20H21FN9O10PS/c21-10-18(29-3-25-6-13(29)23-2-24-15(6)33)38-11-12(20(10,11)35)40-41(36,42)39-9-8(32)5(1-31)37-17(9)30-4-26-7-14(30)27-19(22)28-16(7)34/h2-5,8-12,17-18,31-32,35H,1H2,(H,36,42)(H,23,24,33)(H3,22,27,28,34)/t5-,8-,9-,10+,11-,12?,17-,18-,20+,41?/m1/s1. The first-order chi connectivity index (χ1) is 19.9. The van der Waals surface area contributed by atoms with Gasteiger partial charge in [0.2, 0.25) is 5.95 Å². The molecule has 3 aliphatic rings. The number of aliphatic hydroxyl groups is 3. The van der Waals surface area contributed by atoms with Gasteiger partial charge in [-0.05, 0) is 11.8 Å². The number of nitrogens with two attached hydrogens (primary N) is 1. The second-order valence-corrected chi connectivity index (χ2v) is 12.6. The third kappa shape index (κ3) is 3.97. The number of nitrogens with one attached hydrogen (secondary N) is 2. The van der Waals surface area contributed by atoms with Crippen LogP contribution in [0.1, 0.15) is 12.5 Å². The minimum absolute atomic E-state index is 0.0225. The number of fused-ring (bicyclic) bond motifs is 3. The van der Waals surface area contributed by atoms with Crippen molar-refractivity contribution >= 4 is 46.8 Å². The summed E-state index contributed by atoms with van der Waals surface area (Å²) in [6.45, 7) is -5.06. The van der Waals surface area contributed by atoms with Crippen LogP contribution in [0, 0.1) is 0 Å². The number of aliphatic hydroxyl groups excluding tert-OH is 2. The Balaban J connectivity index is 1.11. The molecular weight excluding hydrogens is 608 g/mol. The Hall–Kier alpha value is -3.24. The van der Waals surface area contributed by atoms with Crippen molar-refractivity contribution in [2.24, 2.45) is 0 Å². The maximum absolute atomic E-state index is 15.5. The summed E-state index contributed by atoms with van der Waals surface area (Å²) in [5.74, 6) is -0.238. The number of ether oxygens (including phenoxy) is 2. The van der Waals surface area contributed by atoms with Crippen molar-refractivity contribution in [1.29, 1.82) is 0 Å². The Kier molecular flexibility index (Phi) is 6.16. The van der Waals surface area contributed by atoms with Gasteiger partial charge < -0.3 is 40.4 Å². The van der Waals surface area contributed by atoms with Crippen molar-refractivity contribution in [1.82, 2.24) is 39.0 Å². The summed E-state index contributed by atoms with van der Waals surface area (Å²) in [6, 6.07) is 0. The van der Waals surface area contributed by atoms with Crippen molar-refractivity contribution in [3.8, 4) is 0 Å². The van der Waals surface area contributed by atoms with Crippen molar-refractivity contribution < 1.29 is 43.1 Å². The second-order valence-electron chi connectivity index (χ2n) is 9.87. The summed E-state index contributed by atoms with van der Waals surface area (Å²) < 4.78 is 40.2. The molecule has 224 valence electrons. The number of alkyl halides is 1. The zero-order chi connectivity index (χ0) is 29.7. The molecule has 1 aliphatic carbocycles. The van der Waals surface area contributed by atoms with Gasteiger partial charge in [-0.15, -0.1) is 0 Å². The molecule has 2 unspecified atom stereocenters. The van der Waals surface area contributed by atoms with E-state index in [1.807, 2.05) is 0 Å². The first-order valence-electron chi connectivity index (χ1n) is 12.2. The van der Waals surface area contributed by atoms with Crippen LogP contribution in [0.15, 0.2) is 28.6 Å². The molecule has 0 amide bonds. The lowest BCUT2D eigenvalue weighted by Gasteiger charge is -2.27. The first kappa shape index (κ1) is 27.6. The molecule has 2 aliphatic heterocycles. The van der Waals surface area contributed by atoms with Crippen LogP contribution in [0.4, 0.5) is 10.3 Å². The third-order valence-corrected chi connectivity index (χ3v) is 8.93. The number of rotatable bonds is 7. The van der Waals surface area contributed by atoms with Crippen LogP contribution < -0.4 is 16.9 Å². The molecular formula is C20H21FN9O10PS. The van der Waals surface area contributed by atoms with Crippen LogP contribution in [-0.4, -0.2) is 108 Å². The molecule has 0 bridgehead atoms. The normalized spacial score (nSPS) is 35.5. The van der Waals surface area contributed by atoms with Gasteiger partial charge in [0, 0.05) is 0 Å². The molecule has 2 saturated heterocycles. The average Bonchev–Trinajstić information content (AvgIpc) is 3.45. The van der Waals surface area contributed by atoms with Crippen LogP contribution in [0.5, 0.6) is 0 Å². The maximum atomic E-state index is 15.5. The van der Waals surface area contributed by atoms with E-state index in [0.29, 0.717) is 0 Å². The Morgan fingerprint density at radius 3 is 2.48 bits per heavy atom. The SMILES string of the molecule is Nc1nc2c(ncn2[C@@H]2O[C@H](CO)[C@@H](O)[C@H]2OP(O)(=S)OC2[C@H]3O[C@@H](n4cnc5c(=O)[nH]cnc54)[C@H](F)[C@@]23O)c(=O)[nH]1. The number of hydrogen-bond donors (Lipinski definition) is 7. The van der Waals surface area contributed by atoms with Gasteiger partial charge in [0.15, 0.2) is 46.6 Å². The van der Waals surface area contributed by atoms with Gasteiger partial charge >= 0.3 is 6.72 Å². The summed E-state index contributed by atoms with van der Waals surface area (Å²) in [6.07, 6.45) is -8.55. The highest BCUT2D eigenvalue weighted by Gasteiger charge is 2.80. The molecule has 4 aromatic rings. The van der Waals surface area contributed by atoms with Gasteiger partial charge in [-0.2, -0.15) is 4.98 Å². The van der Waals surface area contributed by atoms with Crippen LogP contribution >= 0.6 is 6.72 Å². The van der Waals surface area contributed by atoms with Gasteiger partial charge in [0.05, 0.1) is 25.6 Å². The number of nitrogens with zero attached hydrogens (tertiary/aromatic N) is 6. The minimum atomic E-state index is -4.40. The van der Waals surface area contributed by atoms with E-state index < -0.39 is 79.2 Å². The number of nitrogen functional groups attached to an aromatic ring is 1. The first-order valence-corrected chi connectivity index (χ1v) is 14.8. The quantitative estimate of drug-likeness (QED) is 0.101. The summed E-state index contributed by atoms with van der Waals surface area (Å²) >= 11 is 5.12. The predicted octanol–water partition coefficient (Wildman–Crippen LogP) is -2.95. The summed E-state index contributed by atoms with van der Waals surface area (Å²) in [4.78, 5) is 55.6. The molecule has 7 rings (SSSR count). The van der Waals surface area contributed by atoms with Crippen LogP contribution in [0.2, 0.25) is 0 Å². The third-order valence-electron chi connectivity index (χ3n) is 7.41. The minimum Gasteiger partial charge on any atom is -0.394 e. The smallest absolute Gasteiger partial charge is 0.325 e. The molecule has 22 heteroatoms. The Bertz CT molecular complexity index is 1880. The lowest BCUT2D eigenvalue weighted by Crippen LogP contribution is -2.36. The highest BCUT2D eigenvalue weighted by molar-refractivity contribution is 8.07. The molecule has 4 aromatic heterocycles. The predicted molar refractivity (Wildman–Crippen MR) is 138 cm³/mol. The number of imidazole rings is 2. The fourth-order valence-electron chi connectivity index (χ4n) is 5.33. The Labute approximate surface area is 235 Å². The number of anilines is 1. The molecule has 6 heterocycles.